The number of rotatable bonds is 6. The largest absolute Gasteiger partial charge is 0.133 e. The van der Waals surface area contributed by atoms with Gasteiger partial charge in [-0.3, -0.25) is 0 Å². The van der Waals surface area contributed by atoms with Gasteiger partial charge >= 0.3 is 57.5 Å². The molecule has 27 heavy (non-hydrogen) atoms. The Morgan fingerprint density at radius 2 is 0.778 bits per heavy atom. The van der Waals surface area contributed by atoms with Gasteiger partial charge in [0.2, 0.25) is 0 Å². The van der Waals surface area contributed by atoms with Crippen molar-refractivity contribution in [2.45, 2.75) is 17.3 Å². The van der Waals surface area contributed by atoms with Crippen molar-refractivity contribution in [1.82, 2.24) is 0 Å². The van der Waals surface area contributed by atoms with Crippen molar-refractivity contribution >= 4 is 61.5 Å². The summed E-state index contributed by atoms with van der Waals surface area (Å²) in [5.41, 5.74) is 4.33. The maximum absolute atomic E-state index is 5.17. The summed E-state index contributed by atoms with van der Waals surface area (Å²) in [5, 5.41) is 0. The first-order valence-corrected chi connectivity index (χ1v) is 18.0. The molecule has 0 atom stereocenters. The molecule has 3 aromatic rings. The molecule has 0 aromatic heterocycles. The second-order valence-corrected chi connectivity index (χ2v) is 25.8. The van der Waals surface area contributed by atoms with Crippen molar-refractivity contribution in [2.75, 3.05) is 0 Å². The SMILES string of the molecule is [Cl][Fe-]([Cl])([Cl])[I].c1ccc(C[S+](Cc2ccccc2)Cc2ccccc2)cc1. The van der Waals surface area contributed by atoms with Gasteiger partial charge in [-0.25, -0.2) is 0 Å². The molecule has 0 bridgehead atoms. The Morgan fingerprint density at radius 1 is 0.556 bits per heavy atom. The van der Waals surface area contributed by atoms with Crippen LogP contribution in [0.15, 0.2) is 91.0 Å². The molecule has 0 nitrogen and oxygen atoms in total. The molecule has 0 aliphatic carbocycles. The Kier molecular flexibility index (Phi) is 11.0. The van der Waals surface area contributed by atoms with Gasteiger partial charge in [0.05, 0.1) is 0 Å². The van der Waals surface area contributed by atoms with E-state index in [2.05, 4.69) is 91.0 Å². The second-order valence-electron chi connectivity index (χ2n) is 5.81. The molecular weight excluding hydrogens is 573 g/mol. The van der Waals surface area contributed by atoms with E-state index in [1.807, 2.05) is 0 Å². The predicted octanol–water partition coefficient (Wildman–Crippen LogP) is 8.16. The number of hydrogen-bond donors (Lipinski definition) is 0. The monoisotopic (exact) mass is 593 g/mol. The van der Waals surface area contributed by atoms with Crippen LogP contribution in [0.5, 0.6) is 0 Å². The summed E-state index contributed by atoms with van der Waals surface area (Å²) in [6.45, 7) is -2.11. The maximum Gasteiger partial charge on any atom is 0.133 e. The van der Waals surface area contributed by atoms with Gasteiger partial charge in [0.15, 0.2) is 0 Å². The minimum atomic E-state index is -2.11. The van der Waals surface area contributed by atoms with Crippen molar-refractivity contribution < 1.29 is 6.86 Å². The summed E-state index contributed by atoms with van der Waals surface area (Å²) < 4.78 is 0. The second kappa shape index (κ2) is 12.6. The van der Waals surface area contributed by atoms with Gasteiger partial charge in [-0.05, 0) is 0 Å². The zero-order valence-electron chi connectivity index (χ0n) is 14.6. The van der Waals surface area contributed by atoms with Crippen LogP contribution in [0.3, 0.4) is 0 Å². The minimum absolute atomic E-state index is 0.323. The molecule has 0 amide bonds. The minimum Gasteiger partial charge on any atom is -0.0622 e. The van der Waals surface area contributed by atoms with Crippen LogP contribution in [0.2, 0.25) is 0 Å². The van der Waals surface area contributed by atoms with Crippen molar-refractivity contribution in [1.29, 1.82) is 0 Å². The van der Waals surface area contributed by atoms with E-state index < -0.39 is 6.86 Å². The molecule has 0 fully saturated rings. The zero-order chi connectivity index (χ0) is 19.5. The Bertz CT molecular complexity index is 663. The van der Waals surface area contributed by atoms with E-state index in [1.165, 1.54) is 16.7 Å². The van der Waals surface area contributed by atoms with E-state index in [9.17, 15) is 0 Å². The van der Waals surface area contributed by atoms with Gasteiger partial charge in [-0.2, -0.15) is 0 Å². The molecule has 3 rings (SSSR count). The summed E-state index contributed by atoms with van der Waals surface area (Å²) in [6.07, 6.45) is 0. The number of benzene rings is 3. The summed E-state index contributed by atoms with van der Waals surface area (Å²) in [5.74, 6) is 3.47. The Labute approximate surface area is 191 Å². The Morgan fingerprint density at radius 3 is 1.00 bits per heavy atom. The van der Waals surface area contributed by atoms with Gasteiger partial charge in [0, 0.05) is 27.6 Å². The first-order chi connectivity index (χ1) is 12.9. The molecule has 0 heterocycles. The van der Waals surface area contributed by atoms with E-state index in [0.29, 0.717) is 10.9 Å². The molecule has 147 valence electrons. The van der Waals surface area contributed by atoms with E-state index >= 15 is 0 Å². The van der Waals surface area contributed by atoms with Crippen molar-refractivity contribution in [3.05, 3.63) is 108 Å². The standard InChI is InChI=1S/C21H21S.3ClH.Fe.HI/c1-4-10-19(11-5-1)16-22(17-20-12-6-2-7-13-20)18-21-14-8-3-9-15-21;;;;;/h1-15H,16-18H2;3*1H;;1H/q+1;;;;+3;/p-4. The third-order valence-electron chi connectivity index (χ3n) is 3.64. The maximum atomic E-state index is 5.17. The first-order valence-electron chi connectivity index (χ1n) is 8.19. The third-order valence-corrected chi connectivity index (χ3v) is 5.87. The van der Waals surface area contributed by atoms with Gasteiger partial charge in [-0.1, -0.05) is 91.0 Å². The molecular formula is C21H21Cl3FeIS. The van der Waals surface area contributed by atoms with Gasteiger partial charge in [-0.15, -0.1) is 0 Å². The van der Waals surface area contributed by atoms with Crippen molar-refractivity contribution in [3.63, 3.8) is 0 Å². The van der Waals surface area contributed by atoms with Gasteiger partial charge < -0.3 is 0 Å². The molecule has 0 aliphatic rings. The molecule has 3 aromatic carbocycles. The fraction of sp³-hybridized carbons (Fsp3) is 0.143. The summed E-state index contributed by atoms with van der Waals surface area (Å²) in [7, 11) is 15.8. The fourth-order valence-corrected chi connectivity index (χ4v) is 4.88. The molecule has 6 heteroatoms. The van der Waals surface area contributed by atoms with Crippen LogP contribution in [0.1, 0.15) is 16.7 Å². The fourth-order valence-electron chi connectivity index (χ4n) is 2.58. The quantitative estimate of drug-likeness (QED) is 0.154. The Balaban J connectivity index is 0.000000465. The smallest absolute Gasteiger partial charge is 0.0622 e. The van der Waals surface area contributed by atoms with Crippen LogP contribution >= 0.6 is 50.6 Å². The van der Waals surface area contributed by atoms with E-state index in [4.69, 9.17) is 30.3 Å². The first kappa shape index (κ1) is 23.4. The van der Waals surface area contributed by atoms with Gasteiger partial charge in [0.1, 0.15) is 17.3 Å². The molecule has 0 saturated heterocycles. The van der Waals surface area contributed by atoms with E-state index in [1.54, 1.807) is 20.3 Å². The molecule has 0 aliphatic heterocycles. The van der Waals surface area contributed by atoms with Gasteiger partial charge in [0.25, 0.3) is 0 Å². The van der Waals surface area contributed by atoms with Crippen molar-refractivity contribution in [2.24, 2.45) is 0 Å². The summed E-state index contributed by atoms with van der Waals surface area (Å²) >= 11 is 1.80. The Hall–Kier alpha value is 0.129. The normalized spacial score (nSPS) is 11.6. The summed E-state index contributed by atoms with van der Waals surface area (Å²) in [6, 6.07) is 32.6. The average molecular weight is 595 g/mol. The van der Waals surface area contributed by atoms with Crippen LogP contribution in [0.4, 0.5) is 0 Å². The van der Waals surface area contributed by atoms with E-state index in [0.717, 1.165) is 17.3 Å². The summed E-state index contributed by atoms with van der Waals surface area (Å²) in [4.78, 5) is 0. The molecule has 0 saturated carbocycles. The van der Waals surface area contributed by atoms with Crippen LogP contribution in [0.25, 0.3) is 0 Å². The molecule has 0 radical (unpaired) electrons. The number of halogens is 4. The van der Waals surface area contributed by atoms with Crippen molar-refractivity contribution in [3.8, 4) is 0 Å². The van der Waals surface area contributed by atoms with Crippen LogP contribution < -0.4 is 0 Å². The molecule has 0 unspecified atom stereocenters. The molecule has 0 N–H and O–H groups in total. The predicted molar refractivity (Wildman–Crippen MR) is 129 cm³/mol. The zero-order valence-corrected chi connectivity index (χ0v) is 20.9. The number of hydrogen-bond acceptors (Lipinski definition) is 0. The van der Waals surface area contributed by atoms with Crippen LogP contribution in [-0.4, -0.2) is 0 Å². The van der Waals surface area contributed by atoms with E-state index in [-0.39, 0.29) is 0 Å². The van der Waals surface area contributed by atoms with Crippen LogP contribution in [-0.2, 0) is 35.0 Å². The van der Waals surface area contributed by atoms with Crippen LogP contribution in [0, 0.1) is 0 Å². The third kappa shape index (κ3) is 11.7. The topological polar surface area (TPSA) is 0 Å². The molecule has 0 spiro atoms. The average Bonchev–Trinajstić information content (AvgIpc) is 2.63.